The Morgan fingerprint density at radius 3 is 2.74 bits per heavy atom. The van der Waals surface area contributed by atoms with E-state index in [0.29, 0.717) is 17.9 Å². The quantitative estimate of drug-likeness (QED) is 0.820. The van der Waals surface area contributed by atoms with Crippen LogP contribution >= 0.6 is 0 Å². The van der Waals surface area contributed by atoms with E-state index in [1.54, 1.807) is 12.1 Å². The van der Waals surface area contributed by atoms with Crippen LogP contribution in [0.4, 0.5) is 4.39 Å². The first-order valence-electron chi connectivity index (χ1n) is 6.88. The van der Waals surface area contributed by atoms with E-state index in [1.807, 2.05) is 6.07 Å². The zero-order chi connectivity index (χ0) is 13.7. The van der Waals surface area contributed by atoms with Gasteiger partial charge in [0.1, 0.15) is 11.7 Å². The third kappa shape index (κ3) is 3.64. The Labute approximate surface area is 113 Å². The number of nitriles is 1. The lowest BCUT2D eigenvalue weighted by Gasteiger charge is -2.21. The molecular formula is C16H18FNO. The van der Waals surface area contributed by atoms with E-state index in [-0.39, 0.29) is 5.78 Å². The van der Waals surface area contributed by atoms with Crippen LogP contribution in [-0.2, 0) is 4.79 Å². The molecule has 2 rings (SSSR count). The molecule has 0 heterocycles. The van der Waals surface area contributed by atoms with Gasteiger partial charge in [0.2, 0.25) is 0 Å². The maximum atomic E-state index is 13.2. The number of rotatable bonds is 4. The molecule has 1 aromatic rings. The van der Waals surface area contributed by atoms with Crippen LogP contribution < -0.4 is 0 Å². The molecule has 0 aromatic heterocycles. The van der Waals surface area contributed by atoms with Crippen molar-refractivity contribution in [3.8, 4) is 6.07 Å². The second-order valence-corrected chi connectivity index (χ2v) is 5.29. The molecule has 100 valence electrons. The van der Waals surface area contributed by atoms with E-state index in [2.05, 4.69) is 0 Å². The fourth-order valence-electron chi connectivity index (χ4n) is 2.81. The molecule has 1 aliphatic rings. The monoisotopic (exact) mass is 259 g/mol. The predicted molar refractivity (Wildman–Crippen MR) is 71.0 cm³/mol. The second-order valence-electron chi connectivity index (χ2n) is 5.29. The van der Waals surface area contributed by atoms with Gasteiger partial charge in [-0.2, -0.15) is 5.26 Å². The number of halogens is 1. The Hall–Kier alpha value is -1.69. The Bertz CT molecular complexity index is 486. The Balaban J connectivity index is 2.05. The minimum absolute atomic E-state index is 0.0694. The van der Waals surface area contributed by atoms with Crippen molar-refractivity contribution in [1.29, 1.82) is 5.26 Å². The Morgan fingerprint density at radius 2 is 2.11 bits per heavy atom. The first kappa shape index (κ1) is 13.7. The van der Waals surface area contributed by atoms with Crippen molar-refractivity contribution in [1.82, 2.24) is 0 Å². The number of Topliss-reactive ketones (excluding diaryl/α,β-unsaturated/α-hetero) is 1. The number of benzene rings is 1. The molecular weight excluding hydrogens is 241 g/mol. The smallest absolute Gasteiger partial charge is 0.154 e. The van der Waals surface area contributed by atoms with Crippen LogP contribution in [0.3, 0.4) is 0 Å². The van der Waals surface area contributed by atoms with Gasteiger partial charge in [-0.05, 0) is 23.6 Å². The molecule has 1 aliphatic carbocycles. The van der Waals surface area contributed by atoms with Crippen LogP contribution in [0.15, 0.2) is 24.3 Å². The lowest BCUT2D eigenvalue weighted by molar-refractivity contribution is -0.120. The van der Waals surface area contributed by atoms with Crippen molar-refractivity contribution in [3.63, 3.8) is 0 Å². The minimum atomic E-state index is -0.822. The minimum Gasteiger partial charge on any atom is -0.298 e. The van der Waals surface area contributed by atoms with Crippen LogP contribution in [0, 0.1) is 23.1 Å². The lowest BCUT2D eigenvalue weighted by atomic mass is 9.82. The van der Waals surface area contributed by atoms with Gasteiger partial charge in [0.15, 0.2) is 5.78 Å². The van der Waals surface area contributed by atoms with E-state index in [9.17, 15) is 14.4 Å². The summed E-state index contributed by atoms with van der Waals surface area (Å²) in [7, 11) is 0. The molecule has 1 fully saturated rings. The highest BCUT2D eigenvalue weighted by atomic mass is 19.1. The third-order valence-electron chi connectivity index (χ3n) is 3.85. The normalized spacial score (nSPS) is 17.7. The highest BCUT2D eigenvalue weighted by Gasteiger charge is 2.24. The van der Waals surface area contributed by atoms with Gasteiger partial charge in [0.05, 0.1) is 6.07 Å². The summed E-state index contributed by atoms with van der Waals surface area (Å²) in [6.45, 7) is 0. The maximum absolute atomic E-state index is 13.2. The van der Waals surface area contributed by atoms with Gasteiger partial charge in [0.25, 0.3) is 0 Å². The van der Waals surface area contributed by atoms with Crippen molar-refractivity contribution in [2.24, 2.45) is 5.92 Å². The van der Waals surface area contributed by atoms with E-state index in [1.165, 1.54) is 31.4 Å². The predicted octanol–water partition coefficient (Wildman–Crippen LogP) is 3.97. The van der Waals surface area contributed by atoms with E-state index in [4.69, 9.17) is 0 Å². The summed E-state index contributed by atoms with van der Waals surface area (Å²) in [6, 6.07) is 7.82. The van der Waals surface area contributed by atoms with E-state index in [0.717, 1.165) is 12.8 Å². The SMILES string of the molecule is N#CC(C(=O)CC1CCCCC1)c1cccc(F)c1. The average molecular weight is 259 g/mol. The van der Waals surface area contributed by atoms with Gasteiger partial charge in [-0.1, -0.05) is 44.2 Å². The van der Waals surface area contributed by atoms with Crippen LogP contribution in [0.5, 0.6) is 0 Å². The summed E-state index contributed by atoms with van der Waals surface area (Å²) in [4.78, 5) is 12.2. The number of hydrogen-bond acceptors (Lipinski definition) is 2. The summed E-state index contributed by atoms with van der Waals surface area (Å²) < 4.78 is 13.2. The molecule has 1 atom stereocenters. The third-order valence-corrected chi connectivity index (χ3v) is 3.85. The summed E-state index contributed by atoms with van der Waals surface area (Å²) in [5, 5.41) is 9.18. The fourth-order valence-corrected chi connectivity index (χ4v) is 2.81. The molecule has 3 heteroatoms. The van der Waals surface area contributed by atoms with Crippen molar-refractivity contribution in [3.05, 3.63) is 35.6 Å². The van der Waals surface area contributed by atoms with Crippen molar-refractivity contribution < 1.29 is 9.18 Å². The molecule has 0 saturated heterocycles. The van der Waals surface area contributed by atoms with Crippen LogP contribution in [0.1, 0.15) is 50.0 Å². The van der Waals surface area contributed by atoms with Crippen molar-refractivity contribution >= 4 is 5.78 Å². The Morgan fingerprint density at radius 1 is 1.37 bits per heavy atom. The zero-order valence-electron chi connectivity index (χ0n) is 10.9. The maximum Gasteiger partial charge on any atom is 0.154 e. The summed E-state index contributed by atoms with van der Waals surface area (Å²) in [6.07, 6.45) is 6.20. The summed E-state index contributed by atoms with van der Waals surface area (Å²) in [5.41, 5.74) is 0.475. The first-order valence-corrected chi connectivity index (χ1v) is 6.88. The molecule has 0 bridgehead atoms. The number of nitrogens with zero attached hydrogens (tertiary/aromatic N) is 1. The van der Waals surface area contributed by atoms with Gasteiger partial charge < -0.3 is 0 Å². The van der Waals surface area contributed by atoms with Crippen LogP contribution in [0.2, 0.25) is 0 Å². The Kier molecular flexibility index (Phi) is 4.68. The molecule has 2 nitrogen and oxygen atoms in total. The highest BCUT2D eigenvalue weighted by molar-refractivity contribution is 5.88. The number of carbonyl (C=O) groups is 1. The molecule has 0 N–H and O–H groups in total. The van der Waals surface area contributed by atoms with E-state index < -0.39 is 11.7 Å². The molecule has 0 aliphatic heterocycles. The number of hydrogen-bond donors (Lipinski definition) is 0. The molecule has 0 spiro atoms. The van der Waals surface area contributed by atoms with Crippen molar-refractivity contribution in [2.45, 2.75) is 44.4 Å². The second kappa shape index (κ2) is 6.47. The molecule has 0 amide bonds. The largest absolute Gasteiger partial charge is 0.298 e. The van der Waals surface area contributed by atoms with Gasteiger partial charge >= 0.3 is 0 Å². The lowest BCUT2D eigenvalue weighted by Crippen LogP contribution is -2.17. The topological polar surface area (TPSA) is 40.9 Å². The molecule has 1 unspecified atom stereocenters. The fraction of sp³-hybridized carbons (Fsp3) is 0.500. The molecule has 19 heavy (non-hydrogen) atoms. The van der Waals surface area contributed by atoms with Gasteiger partial charge in [-0.3, -0.25) is 4.79 Å². The molecule has 1 aromatic carbocycles. The van der Waals surface area contributed by atoms with Gasteiger partial charge in [-0.25, -0.2) is 4.39 Å². The summed E-state index contributed by atoms with van der Waals surface area (Å²) >= 11 is 0. The van der Waals surface area contributed by atoms with Gasteiger partial charge in [-0.15, -0.1) is 0 Å². The number of ketones is 1. The first-order chi connectivity index (χ1) is 9.20. The van der Waals surface area contributed by atoms with Crippen LogP contribution in [0.25, 0.3) is 0 Å². The van der Waals surface area contributed by atoms with Crippen LogP contribution in [-0.4, -0.2) is 5.78 Å². The van der Waals surface area contributed by atoms with Gasteiger partial charge in [0, 0.05) is 6.42 Å². The zero-order valence-corrected chi connectivity index (χ0v) is 10.9. The average Bonchev–Trinajstić information content (AvgIpc) is 2.41. The molecule has 0 radical (unpaired) electrons. The number of carbonyl (C=O) groups excluding carboxylic acids is 1. The highest BCUT2D eigenvalue weighted by Crippen LogP contribution is 2.29. The standard InChI is InChI=1S/C16H18FNO/c17-14-8-4-7-13(10-14)15(11-18)16(19)9-12-5-2-1-3-6-12/h4,7-8,10,12,15H,1-3,5-6,9H2. The van der Waals surface area contributed by atoms with Crippen molar-refractivity contribution in [2.75, 3.05) is 0 Å². The summed E-state index contributed by atoms with van der Waals surface area (Å²) in [5.74, 6) is -0.883. The van der Waals surface area contributed by atoms with E-state index >= 15 is 0 Å². The molecule has 1 saturated carbocycles.